The Bertz CT molecular complexity index is 1200. The minimum absolute atomic E-state index is 0.151. The van der Waals surface area contributed by atoms with Crippen LogP contribution in [0.2, 0.25) is 0 Å². The van der Waals surface area contributed by atoms with E-state index in [-0.39, 0.29) is 11.7 Å². The summed E-state index contributed by atoms with van der Waals surface area (Å²) in [4.78, 5) is 13.0. The minimum atomic E-state index is -0.151. The van der Waals surface area contributed by atoms with Gasteiger partial charge in [-0.1, -0.05) is 48.7 Å². The van der Waals surface area contributed by atoms with Crippen LogP contribution in [0.4, 0.5) is 5.82 Å². The Kier molecular flexibility index (Phi) is 6.89. The lowest BCUT2D eigenvalue weighted by atomic mass is 9.95. The number of thioether (sulfide) groups is 1. The number of hydrogen-bond donors (Lipinski definition) is 1. The van der Waals surface area contributed by atoms with Crippen molar-refractivity contribution < 1.29 is 4.79 Å². The van der Waals surface area contributed by atoms with E-state index in [0.717, 1.165) is 35.6 Å². The van der Waals surface area contributed by atoms with Gasteiger partial charge in [-0.05, 0) is 58.2 Å². The molecule has 172 valence electrons. The first-order valence-electron chi connectivity index (χ1n) is 11.4. The maximum Gasteiger partial charge on any atom is 0.235 e. The zero-order valence-electron chi connectivity index (χ0n) is 19.7. The fourth-order valence-electron chi connectivity index (χ4n) is 4.61. The number of nitriles is 1. The van der Waals surface area contributed by atoms with Crippen LogP contribution in [0.1, 0.15) is 66.4 Å². The number of carbonyl (C=O) groups excluding carboxylic acids is 1. The van der Waals surface area contributed by atoms with E-state index < -0.39 is 0 Å². The lowest BCUT2D eigenvalue weighted by Gasteiger charge is -2.27. The molecule has 1 fully saturated rings. The predicted octanol–water partition coefficient (Wildman–Crippen LogP) is 5.41. The van der Waals surface area contributed by atoms with Gasteiger partial charge in [-0.25, -0.2) is 0 Å². The topological polar surface area (TPSA) is 88.5 Å². The molecule has 0 bridgehead atoms. The van der Waals surface area contributed by atoms with Crippen LogP contribution in [0.3, 0.4) is 0 Å². The first-order valence-corrected chi connectivity index (χ1v) is 12.4. The molecule has 2 heterocycles. The molecule has 2 aromatic heterocycles. The molecule has 0 atom stereocenters. The number of anilines is 1. The highest BCUT2D eigenvalue weighted by Gasteiger charge is 2.26. The maximum atomic E-state index is 13.0. The summed E-state index contributed by atoms with van der Waals surface area (Å²) in [6, 6.07) is 10.8. The van der Waals surface area contributed by atoms with Crippen LogP contribution in [0.25, 0.3) is 5.69 Å². The van der Waals surface area contributed by atoms with Gasteiger partial charge in [0, 0.05) is 17.4 Å². The minimum Gasteiger partial charge on any atom is -0.327 e. The summed E-state index contributed by atoms with van der Waals surface area (Å²) in [5, 5.41) is 22.0. The average Bonchev–Trinajstić information content (AvgIpc) is 3.30. The highest BCUT2D eigenvalue weighted by Crippen LogP contribution is 2.37. The van der Waals surface area contributed by atoms with Crippen molar-refractivity contribution in [2.24, 2.45) is 0 Å². The molecule has 4 rings (SSSR count). The first kappa shape index (κ1) is 23.1. The fourth-order valence-corrected chi connectivity index (χ4v) is 5.41. The molecule has 3 aromatic rings. The van der Waals surface area contributed by atoms with Gasteiger partial charge < -0.3 is 9.88 Å². The van der Waals surface area contributed by atoms with E-state index in [0.29, 0.717) is 22.6 Å². The van der Waals surface area contributed by atoms with Crippen LogP contribution >= 0.6 is 11.8 Å². The molecule has 0 radical (unpaired) electrons. The molecule has 1 aromatic carbocycles. The fraction of sp³-hybridized carbons (Fsp3) is 0.440. The van der Waals surface area contributed by atoms with E-state index in [9.17, 15) is 10.1 Å². The van der Waals surface area contributed by atoms with E-state index >= 15 is 0 Å². The second-order valence-electron chi connectivity index (χ2n) is 8.75. The van der Waals surface area contributed by atoms with Crippen molar-refractivity contribution in [3.8, 4) is 11.8 Å². The van der Waals surface area contributed by atoms with Crippen molar-refractivity contribution in [2.75, 3.05) is 11.1 Å². The van der Waals surface area contributed by atoms with Gasteiger partial charge in [0.25, 0.3) is 0 Å². The number of hydrogen-bond acceptors (Lipinski definition) is 5. The number of amides is 1. The van der Waals surface area contributed by atoms with Crippen molar-refractivity contribution >= 4 is 23.5 Å². The van der Waals surface area contributed by atoms with Crippen molar-refractivity contribution in [3.63, 3.8) is 0 Å². The van der Waals surface area contributed by atoms with Gasteiger partial charge in [-0.15, -0.1) is 10.2 Å². The van der Waals surface area contributed by atoms with Crippen LogP contribution in [0.5, 0.6) is 0 Å². The first-order chi connectivity index (χ1) is 15.9. The Balaban J connectivity index is 1.53. The number of nitrogens with one attached hydrogen (secondary N) is 1. The standard InChI is InChI=1S/C25H30N6OS/c1-16-10-12-21(13-11-16)31-19(4)28-29-25(31)33-15-23(32)27-24-22(14-26)17(2)18(3)30(24)20-8-6-5-7-9-20/h10-13,20H,5-9,15H2,1-4H3,(H,27,32). The Labute approximate surface area is 199 Å². The van der Waals surface area contributed by atoms with Crippen molar-refractivity contribution in [2.45, 2.75) is 71.0 Å². The lowest BCUT2D eigenvalue weighted by molar-refractivity contribution is -0.113. The molecule has 7 nitrogen and oxygen atoms in total. The van der Waals surface area contributed by atoms with Crippen molar-refractivity contribution in [1.82, 2.24) is 19.3 Å². The third kappa shape index (κ3) is 4.69. The van der Waals surface area contributed by atoms with Crippen molar-refractivity contribution in [1.29, 1.82) is 5.26 Å². The summed E-state index contributed by atoms with van der Waals surface area (Å²) in [7, 11) is 0. The smallest absolute Gasteiger partial charge is 0.235 e. The number of nitrogens with zero attached hydrogens (tertiary/aromatic N) is 5. The summed E-state index contributed by atoms with van der Waals surface area (Å²) in [5.74, 6) is 1.44. The summed E-state index contributed by atoms with van der Waals surface area (Å²) < 4.78 is 4.14. The lowest BCUT2D eigenvalue weighted by Crippen LogP contribution is -2.22. The quantitative estimate of drug-likeness (QED) is 0.495. The predicted molar refractivity (Wildman–Crippen MR) is 131 cm³/mol. The molecule has 0 aliphatic heterocycles. The second kappa shape index (κ2) is 9.84. The number of aryl methyl sites for hydroxylation is 2. The molecule has 1 N–H and O–H groups in total. The van der Waals surface area contributed by atoms with Gasteiger partial charge in [0.05, 0.1) is 11.3 Å². The molecule has 1 saturated carbocycles. The molecule has 1 aliphatic rings. The maximum absolute atomic E-state index is 13.0. The van der Waals surface area contributed by atoms with Gasteiger partial charge in [0.1, 0.15) is 17.7 Å². The molecule has 0 unspecified atom stereocenters. The number of benzene rings is 1. The molecule has 33 heavy (non-hydrogen) atoms. The van der Waals surface area contributed by atoms with Crippen LogP contribution in [-0.2, 0) is 4.79 Å². The Morgan fingerprint density at radius 2 is 1.82 bits per heavy atom. The summed E-state index contributed by atoms with van der Waals surface area (Å²) in [5.41, 5.74) is 4.72. The SMILES string of the molecule is Cc1ccc(-n2c(C)nnc2SCC(=O)Nc2c(C#N)c(C)c(C)n2C2CCCCC2)cc1. The van der Waals surface area contributed by atoms with E-state index in [2.05, 4.69) is 26.2 Å². The number of carbonyl (C=O) groups is 1. The molecule has 0 spiro atoms. The highest BCUT2D eigenvalue weighted by molar-refractivity contribution is 7.99. The summed E-state index contributed by atoms with van der Waals surface area (Å²) in [6.07, 6.45) is 5.77. The average molecular weight is 463 g/mol. The van der Waals surface area contributed by atoms with Gasteiger partial charge >= 0.3 is 0 Å². The molecular weight excluding hydrogens is 432 g/mol. The van der Waals surface area contributed by atoms with Crippen LogP contribution in [0.15, 0.2) is 29.4 Å². The van der Waals surface area contributed by atoms with Gasteiger partial charge in [-0.3, -0.25) is 9.36 Å². The normalized spacial score (nSPS) is 14.3. The van der Waals surface area contributed by atoms with E-state index in [1.807, 2.05) is 56.5 Å². The highest BCUT2D eigenvalue weighted by atomic mass is 32.2. The number of rotatable bonds is 6. The van der Waals surface area contributed by atoms with Crippen molar-refractivity contribution in [3.05, 3.63) is 52.5 Å². The Hall–Kier alpha value is -3.05. The van der Waals surface area contributed by atoms with Crippen LogP contribution in [-0.4, -0.2) is 31.0 Å². The zero-order valence-corrected chi connectivity index (χ0v) is 20.5. The summed E-state index contributed by atoms with van der Waals surface area (Å²) >= 11 is 1.35. The summed E-state index contributed by atoms with van der Waals surface area (Å²) in [6.45, 7) is 7.95. The van der Waals surface area contributed by atoms with Gasteiger partial charge in [0.15, 0.2) is 5.16 Å². The Morgan fingerprint density at radius 3 is 2.48 bits per heavy atom. The molecule has 1 amide bonds. The van der Waals surface area contributed by atoms with Gasteiger partial charge in [-0.2, -0.15) is 5.26 Å². The monoisotopic (exact) mass is 462 g/mol. The third-order valence-corrected chi connectivity index (χ3v) is 7.41. The third-order valence-electron chi connectivity index (χ3n) is 6.49. The van der Waals surface area contributed by atoms with Gasteiger partial charge in [0.2, 0.25) is 5.91 Å². The van der Waals surface area contributed by atoms with Crippen LogP contribution in [0, 0.1) is 39.0 Å². The molecule has 0 saturated heterocycles. The van der Waals surface area contributed by atoms with E-state index in [4.69, 9.17) is 0 Å². The Morgan fingerprint density at radius 1 is 1.12 bits per heavy atom. The zero-order chi connectivity index (χ0) is 23.5. The van der Waals surface area contributed by atoms with E-state index in [1.54, 1.807) is 0 Å². The largest absolute Gasteiger partial charge is 0.327 e. The molecule has 1 aliphatic carbocycles. The van der Waals surface area contributed by atoms with Crippen LogP contribution < -0.4 is 5.32 Å². The second-order valence-corrected chi connectivity index (χ2v) is 9.69. The number of aromatic nitrogens is 4. The molecule has 8 heteroatoms. The van der Waals surface area contributed by atoms with E-state index in [1.165, 1.54) is 36.6 Å². The molecular formula is C25H30N6OS.